The monoisotopic (exact) mass is 364 g/mol. The number of ether oxygens (including phenoxy) is 1. The molecule has 2 heterocycles. The van der Waals surface area contributed by atoms with Crippen LogP contribution in [0.5, 0.6) is 0 Å². The van der Waals surface area contributed by atoms with Crippen molar-refractivity contribution in [2.24, 2.45) is 5.41 Å². The number of nitrogens with zero attached hydrogens (tertiary/aromatic N) is 2. The topological polar surface area (TPSA) is 62.6 Å². The number of esters is 1. The van der Waals surface area contributed by atoms with Crippen LogP contribution in [-0.4, -0.2) is 40.7 Å². The molecule has 7 heteroatoms. The van der Waals surface area contributed by atoms with Crippen LogP contribution in [0.4, 0.5) is 0 Å². The maximum absolute atomic E-state index is 12.0. The summed E-state index contributed by atoms with van der Waals surface area (Å²) in [7, 11) is -0.491. The van der Waals surface area contributed by atoms with Gasteiger partial charge in [-0.05, 0) is 52.9 Å². The lowest BCUT2D eigenvalue weighted by Gasteiger charge is -2.42. The van der Waals surface area contributed by atoms with Crippen LogP contribution >= 0.6 is 0 Å². The summed E-state index contributed by atoms with van der Waals surface area (Å²) in [5, 5.41) is 4.28. The van der Waals surface area contributed by atoms with Gasteiger partial charge in [-0.1, -0.05) is 20.3 Å². The Bertz CT molecular complexity index is 619. The number of hydrogen-bond acceptors (Lipinski definition) is 5. The number of hydrogen-bond donors (Lipinski definition) is 0. The van der Waals surface area contributed by atoms with E-state index in [1.165, 1.54) is 0 Å². The summed E-state index contributed by atoms with van der Waals surface area (Å²) >= 11 is 0. The van der Waals surface area contributed by atoms with Crippen molar-refractivity contribution >= 4 is 18.6 Å². The lowest BCUT2D eigenvalue weighted by atomic mass is 9.71. The Labute approximate surface area is 157 Å². The minimum atomic E-state index is -0.507. The van der Waals surface area contributed by atoms with E-state index in [-0.39, 0.29) is 23.5 Å². The Kier molecular flexibility index (Phi) is 6.23. The zero-order valence-corrected chi connectivity index (χ0v) is 17.3. The third-order valence-electron chi connectivity index (χ3n) is 5.13. The molecule has 0 amide bonds. The SMILES string of the molecule is CC(C)(C)OC(=O)Cn1cc(B2OCCCCC(C)(C)C(C)(C)O2)cn1. The molecule has 0 spiro atoms. The first kappa shape index (κ1) is 21.0. The molecule has 0 aliphatic carbocycles. The van der Waals surface area contributed by atoms with Crippen LogP contribution in [-0.2, 0) is 25.4 Å². The van der Waals surface area contributed by atoms with Crippen molar-refractivity contribution in [2.75, 3.05) is 6.61 Å². The fourth-order valence-corrected chi connectivity index (χ4v) is 2.88. The Morgan fingerprint density at radius 2 is 2.00 bits per heavy atom. The first-order chi connectivity index (χ1) is 11.9. The van der Waals surface area contributed by atoms with Gasteiger partial charge in [-0.15, -0.1) is 0 Å². The molecule has 0 unspecified atom stereocenters. The third kappa shape index (κ3) is 5.58. The zero-order valence-electron chi connectivity index (χ0n) is 17.3. The van der Waals surface area contributed by atoms with E-state index in [1.807, 2.05) is 20.8 Å². The minimum absolute atomic E-state index is 0.0332. The molecule has 6 nitrogen and oxygen atoms in total. The number of carbonyl (C=O) groups is 1. The molecule has 1 aliphatic rings. The number of carbonyl (C=O) groups excluding carboxylic acids is 1. The quantitative estimate of drug-likeness (QED) is 0.610. The highest BCUT2D eigenvalue weighted by Gasteiger charge is 2.42. The van der Waals surface area contributed by atoms with Crippen LogP contribution in [0.25, 0.3) is 0 Å². The van der Waals surface area contributed by atoms with Gasteiger partial charge >= 0.3 is 13.1 Å². The minimum Gasteiger partial charge on any atom is -0.459 e. The van der Waals surface area contributed by atoms with E-state index in [0.717, 1.165) is 24.7 Å². The van der Waals surface area contributed by atoms with Gasteiger partial charge in [0.25, 0.3) is 0 Å². The van der Waals surface area contributed by atoms with Crippen molar-refractivity contribution < 1.29 is 18.8 Å². The fraction of sp³-hybridized carbons (Fsp3) is 0.789. The van der Waals surface area contributed by atoms with Gasteiger partial charge in [0, 0.05) is 24.5 Å². The molecule has 1 aromatic rings. The van der Waals surface area contributed by atoms with Crippen LogP contribution in [0.2, 0.25) is 0 Å². The lowest BCUT2D eigenvalue weighted by molar-refractivity contribution is -0.155. The van der Waals surface area contributed by atoms with Gasteiger partial charge in [0.1, 0.15) is 12.1 Å². The van der Waals surface area contributed by atoms with Crippen molar-refractivity contribution in [2.45, 2.75) is 85.5 Å². The molecule has 0 aromatic carbocycles. The Hall–Kier alpha value is -1.34. The lowest BCUT2D eigenvalue weighted by Crippen LogP contribution is -2.50. The largest absolute Gasteiger partial charge is 0.497 e. The summed E-state index contributed by atoms with van der Waals surface area (Å²) in [5.74, 6) is -0.315. The second-order valence-corrected chi connectivity index (χ2v) is 9.23. The smallest absolute Gasteiger partial charge is 0.459 e. The molecule has 26 heavy (non-hydrogen) atoms. The van der Waals surface area contributed by atoms with E-state index < -0.39 is 12.7 Å². The van der Waals surface area contributed by atoms with E-state index in [4.69, 9.17) is 14.0 Å². The van der Waals surface area contributed by atoms with E-state index in [0.29, 0.717) is 6.61 Å². The summed E-state index contributed by atoms with van der Waals surface area (Å²) in [6.07, 6.45) is 6.72. The normalized spacial score (nSPS) is 20.8. The molecule has 1 fully saturated rings. The molecule has 0 radical (unpaired) electrons. The summed E-state index contributed by atoms with van der Waals surface area (Å²) in [4.78, 5) is 12.0. The van der Waals surface area contributed by atoms with Crippen molar-refractivity contribution in [3.63, 3.8) is 0 Å². The Morgan fingerprint density at radius 1 is 1.31 bits per heavy atom. The van der Waals surface area contributed by atoms with Crippen molar-refractivity contribution in [1.82, 2.24) is 9.78 Å². The van der Waals surface area contributed by atoms with E-state index in [2.05, 4.69) is 32.8 Å². The average molecular weight is 364 g/mol. The van der Waals surface area contributed by atoms with Gasteiger partial charge in [0.2, 0.25) is 0 Å². The van der Waals surface area contributed by atoms with Gasteiger partial charge in [0.15, 0.2) is 0 Å². The maximum atomic E-state index is 12.0. The molecule has 1 saturated heterocycles. The van der Waals surface area contributed by atoms with Gasteiger partial charge in [0.05, 0.1) is 5.60 Å². The highest BCUT2D eigenvalue weighted by Crippen LogP contribution is 2.39. The first-order valence-electron chi connectivity index (χ1n) is 9.43. The molecule has 0 saturated carbocycles. The van der Waals surface area contributed by atoms with Crippen molar-refractivity contribution in [3.05, 3.63) is 12.4 Å². The molecule has 1 aromatic heterocycles. The van der Waals surface area contributed by atoms with Crippen LogP contribution in [0.3, 0.4) is 0 Å². The van der Waals surface area contributed by atoms with Crippen molar-refractivity contribution in [3.8, 4) is 0 Å². The predicted octanol–water partition coefficient (Wildman–Crippen LogP) is 2.94. The molecule has 2 rings (SSSR count). The van der Waals surface area contributed by atoms with Crippen LogP contribution < -0.4 is 5.46 Å². The maximum Gasteiger partial charge on any atom is 0.497 e. The third-order valence-corrected chi connectivity index (χ3v) is 5.13. The molecule has 0 bridgehead atoms. The summed E-state index contributed by atoms with van der Waals surface area (Å²) in [6.45, 7) is 15.0. The number of rotatable bonds is 3. The molecular formula is C19H33BN2O4. The Balaban J connectivity index is 2.11. The van der Waals surface area contributed by atoms with Crippen LogP contribution in [0.15, 0.2) is 12.4 Å². The summed E-state index contributed by atoms with van der Waals surface area (Å²) in [5.41, 5.74) is -0.00715. The highest BCUT2D eigenvalue weighted by atomic mass is 16.6. The average Bonchev–Trinajstić information content (AvgIpc) is 2.91. The van der Waals surface area contributed by atoms with Crippen LogP contribution in [0, 0.1) is 5.41 Å². The van der Waals surface area contributed by atoms with Gasteiger partial charge in [-0.2, -0.15) is 5.10 Å². The zero-order chi connectivity index (χ0) is 19.6. The second kappa shape index (κ2) is 7.73. The summed E-state index contributed by atoms with van der Waals surface area (Å²) in [6, 6.07) is 0. The van der Waals surface area contributed by atoms with E-state index in [9.17, 15) is 4.79 Å². The highest BCUT2D eigenvalue weighted by molar-refractivity contribution is 6.61. The van der Waals surface area contributed by atoms with E-state index in [1.54, 1.807) is 17.1 Å². The Morgan fingerprint density at radius 3 is 2.65 bits per heavy atom. The van der Waals surface area contributed by atoms with Gasteiger partial charge in [-0.25, -0.2) is 0 Å². The molecule has 0 atom stereocenters. The van der Waals surface area contributed by atoms with Gasteiger partial charge in [-0.3, -0.25) is 9.48 Å². The standard InChI is InChI=1S/C19H33BN2O4/c1-17(2,3)25-16(23)14-22-13-15(12-21-22)20-24-11-9-8-10-18(4,5)19(6,7)26-20/h12-13H,8-11,14H2,1-7H3. The second-order valence-electron chi connectivity index (χ2n) is 9.23. The molecule has 146 valence electrons. The van der Waals surface area contributed by atoms with Gasteiger partial charge < -0.3 is 14.0 Å². The van der Waals surface area contributed by atoms with Crippen LogP contribution in [0.1, 0.15) is 67.7 Å². The summed E-state index contributed by atoms with van der Waals surface area (Å²) < 4.78 is 19.3. The predicted molar refractivity (Wildman–Crippen MR) is 102 cm³/mol. The fourth-order valence-electron chi connectivity index (χ4n) is 2.88. The molecule has 0 N–H and O–H groups in total. The molecular weight excluding hydrogens is 331 g/mol. The number of aromatic nitrogens is 2. The molecule has 1 aliphatic heterocycles. The van der Waals surface area contributed by atoms with E-state index >= 15 is 0 Å². The van der Waals surface area contributed by atoms with Crippen molar-refractivity contribution in [1.29, 1.82) is 0 Å². The first-order valence-corrected chi connectivity index (χ1v) is 9.43.